The highest BCUT2D eigenvalue weighted by Gasteiger charge is 2.27. The Kier molecular flexibility index (Phi) is 3.30. The first-order chi connectivity index (χ1) is 10.3. The molecule has 0 aliphatic heterocycles. The van der Waals surface area contributed by atoms with Gasteiger partial charge in [-0.2, -0.15) is 0 Å². The second-order valence-electron chi connectivity index (χ2n) is 5.76. The van der Waals surface area contributed by atoms with Gasteiger partial charge in [-0.25, -0.2) is 4.98 Å². The van der Waals surface area contributed by atoms with Crippen molar-refractivity contribution in [3.8, 4) is 0 Å². The fourth-order valence-corrected chi connectivity index (χ4v) is 3.81. The molecule has 1 saturated carbocycles. The maximum Gasteiger partial charge on any atom is 0.254 e. The SMILES string of the molecule is O=c1[nH]c(SCc2cccnc2C2CC2)nc2c1CCC2. The van der Waals surface area contributed by atoms with E-state index in [-0.39, 0.29) is 5.56 Å². The van der Waals surface area contributed by atoms with Crippen LogP contribution in [0.4, 0.5) is 0 Å². The molecule has 0 unspecified atom stereocenters. The molecular weight excluding hydrogens is 282 g/mol. The minimum atomic E-state index is 0.0496. The van der Waals surface area contributed by atoms with Crippen molar-refractivity contribution in [2.45, 2.75) is 48.9 Å². The van der Waals surface area contributed by atoms with Crippen LogP contribution in [0.2, 0.25) is 0 Å². The fraction of sp³-hybridized carbons (Fsp3) is 0.438. The van der Waals surface area contributed by atoms with Gasteiger partial charge in [0.05, 0.1) is 5.69 Å². The van der Waals surface area contributed by atoms with Crippen molar-refractivity contribution in [1.82, 2.24) is 15.0 Å². The van der Waals surface area contributed by atoms with Gasteiger partial charge in [0.1, 0.15) is 0 Å². The van der Waals surface area contributed by atoms with Gasteiger partial charge in [0.2, 0.25) is 0 Å². The Morgan fingerprint density at radius 2 is 2.24 bits per heavy atom. The summed E-state index contributed by atoms with van der Waals surface area (Å²) in [4.78, 5) is 24.1. The monoisotopic (exact) mass is 299 g/mol. The first kappa shape index (κ1) is 13.1. The number of nitrogens with zero attached hydrogens (tertiary/aromatic N) is 2. The van der Waals surface area contributed by atoms with Crippen molar-refractivity contribution in [3.05, 3.63) is 51.2 Å². The molecule has 0 spiro atoms. The van der Waals surface area contributed by atoms with Crippen molar-refractivity contribution in [2.24, 2.45) is 0 Å². The normalized spacial score (nSPS) is 17.0. The molecule has 0 atom stereocenters. The van der Waals surface area contributed by atoms with Gasteiger partial charge in [0.15, 0.2) is 5.16 Å². The van der Waals surface area contributed by atoms with E-state index >= 15 is 0 Å². The summed E-state index contributed by atoms with van der Waals surface area (Å²) in [6.07, 6.45) is 7.24. The molecule has 1 fully saturated rings. The lowest BCUT2D eigenvalue weighted by atomic mass is 10.1. The summed E-state index contributed by atoms with van der Waals surface area (Å²) in [6, 6.07) is 4.12. The van der Waals surface area contributed by atoms with E-state index in [0.717, 1.165) is 41.4 Å². The van der Waals surface area contributed by atoms with E-state index in [2.05, 4.69) is 21.0 Å². The van der Waals surface area contributed by atoms with Crippen LogP contribution in [0.25, 0.3) is 0 Å². The largest absolute Gasteiger partial charge is 0.301 e. The molecule has 21 heavy (non-hydrogen) atoms. The van der Waals surface area contributed by atoms with Gasteiger partial charge in [-0.15, -0.1) is 0 Å². The van der Waals surface area contributed by atoms with E-state index in [1.54, 1.807) is 11.8 Å². The van der Waals surface area contributed by atoms with Crippen LogP contribution in [-0.2, 0) is 18.6 Å². The number of nitrogens with one attached hydrogen (secondary N) is 1. The van der Waals surface area contributed by atoms with Gasteiger partial charge in [0.25, 0.3) is 5.56 Å². The van der Waals surface area contributed by atoms with Crippen LogP contribution >= 0.6 is 11.8 Å². The zero-order chi connectivity index (χ0) is 14.2. The Morgan fingerprint density at radius 1 is 1.33 bits per heavy atom. The van der Waals surface area contributed by atoms with Crippen LogP contribution in [0.1, 0.15) is 47.7 Å². The Labute approximate surface area is 127 Å². The number of rotatable bonds is 4. The van der Waals surface area contributed by atoms with Crippen LogP contribution in [0.3, 0.4) is 0 Å². The highest BCUT2D eigenvalue weighted by Crippen LogP contribution is 2.41. The average molecular weight is 299 g/mol. The fourth-order valence-electron chi connectivity index (χ4n) is 2.93. The van der Waals surface area contributed by atoms with E-state index in [9.17, 15) is 4.79 Å². The minimum Gasteiger partial charge on any atom is -0.301 e. The molecule has 2 aromatic heterocycles. The average Bonchev–Trinajstić information content (AvgIpc) is 3.23. The number of aromatic amines is 1. The van der Waals surface area contributed by atoms with Crippen LogP contribution in [0.15, 0.2) is 28.3 Å². The summed E-state index contributed by atoms with van der Waals surface area (Å²) in [5, 5.41) is 0.742. The molecule has 108 valence electrons. The van der Waals surface area contributed by atoms with Gasteiger partial charge < -0.3 is 4.98 Å². The maximum absolute atomic E-state index is 12.0. The van der Waals surface area contributed by atoms with Gasteiger partial charge in [-0.3, -0.25) is 9.78 Å². The predicted molar refractivity (Wildman–Crippen MR) is 82.7 cm³/mol. The molecule has 2 aromatic rings. The number of pyridine rings is 1. The third kappa shape index (κ3) is 2.62. The number of fused-ring (bicyclic) bond motifs is 1. The molecule has 0 radical (unpaired) electrons. The van der Waals surface area contributed by atoms with Gasteiger partial charge in [-0.1, -0.05) is 17.8 Å². The maximum atomic E-state index is 12.0. The Bertz CT molecular complexity index is 737. The van der Waals surface area contributed by atoms with Gasteiger partial charge >= 0.3 is 0 Å². The predicted octanol–water partition coefficient (Wildman–Crippen LogP) is 2.82. The van der Waals surface area contributed by atoms with E-state index in [1.165, 1.54) is 24.1 Å². The zero-order valence-corrected chi connectivity index (χ0v) is 12.6. The van der Waals surface area contributed by atoms with Crippen molar-refractivity contribution in [1.29, 1.82) is 0 Å². The minimum absolute atomic E-state index is 0.0496. The summed E-state index contributed by atoms with van der Waals surface area (Å²) >= 11 is 1.61. The number of thioether (sulfide) groups is 1. The van der Waals surface area contributed by atoms with Crippen LogP contribution in [0, 0.1) is 0 Å². The highest BCUT2D eigenvalue weighted by molar-refractivity contribution is 7.98. The van der Waals surface area contributed by atoms with Crippen LogP contribution < -0.4 is 5.56 Å². The Balaban J connectivity index is 1.55. The number of aryl methyl sites for hydroxylation is 1. The van der Waals surface area contributed by atoms with Crippen molar-refractivity contribution in [2.75, 3.05) is 0 Å². The van der Waals surface area contributed by atoms with E-state index in [1.807, 2.05) is 12.3 Å². The van der Waals surface area contributed by atoms with Gasteiger partial charge in [-0.05, 0) is 43.7 Å². The van der Waals surface area contributed by atoms with E-state index in [0.29, 0.717) is 5.92 Å². The van der Waals surface area contributed by atoms with Crippen molar-refractivity contribution >= 4 is 11.8 Å². The quantitative estimate of drug-likeness (QED) is 0.696. The van der Waals surface area contributed by atoms with Crippen molar-refractivity contribution in [3.63, 3.8) is 0 Å². The number of aromatic nitrogens is 3. The lowest BCUT2D eigenvalue weighted by molar-refractivity contribution is 0.869. The number of hydrogen-bond donors (Lipinski definition) is 1. The molecule has 4 rings (SSSR count). The standard InChI is InChI=1S/C16H17N3OS/c20-15-12-4-1-5-13(12)18-16(19-15)21-9-11-3-2-8-17-14(11)10-6-7-10/h2-3,8,10H,1,4-7,9H2,(H,18,19,20). The first-order valence-electron chi connectivity index (χ1n) is 7.50. The van der Waals surface area contributed by atoms with E-state index in [4.69, 9.17) is 0 Å². The highest BCUT2D eigenvalue weighted by atomic mass is 32.2. The molecule has 0 amide bonds. The zero-order valence-electron chi connectivity index (χ0n) is 11.8. The topological polar surface area (TPSA) is 58.6 Å². The molecule has 4 nitrogen and oxygen atoms in total. The second kappa shape index (κ2) is 5.30. The molecular formula is C16H17N3OS. The summed E-state index contributed by atoms with van der Waals surface area (Å²) < 4.78 is 0. The molecule has 0 bridgehead atoms. The summed E-state index contributed by atoms with van der Waals surface area (Å²) in [7, 11) is 0. The summed E-state index contributed by atoms with van der Waals surface area (Å²) in [6.45, 7) is 0. The third-order valence-corrected chi connectivity index (χ3v) is 5.10. The van der Waals surface area contributed by atoms with Crippen LogP contribution in [-0.4, -0.2) is 15.0 Å². The first-order valence-corrected chi connectivity index (χ1v) is 8.48. The summed E-state index contributed by atoms with van der Waals surface area (Å²) in [5.41, 5.74) is 4.43. The van der Waals surface area contributed by atoms with Gasteiger partial charge in [0, 0.05) is 29.1 Å². The third-order valence-electron chi connectivity index (χ3n) is 4.17. The van der Waals surface area contributed by atoms with Crippen LogP contribution in [0.5, 0.6) is 0 Å². The molecule has 2 heterocycles. The van der Waals surface area contributed by atoms with E-state index < -0.39 is 0 Å². The molecule has 0 saturated heterocycles. The second-order valence-corrected chi connectivity index (χ2v) is 6.72. The molecule has 1 N–H and O–H groups in total. The lowest BCUT2D eigenvalue weighted by Crippen LogP contribution is -2.14. The molecule has 0 aromatic carbocycles. The molecule has 5 heteroatoms. The number of H-pyrrole nitrogens is 1. The van der Waals surface area contributed by atoms with Crippen molar-refractivity contribution < 1.29 is 0 Å². The molecule has 2 aliphatic carbocycles. The Hall–Kier alpha value is -1.62. The summed E-state index contributed by atoms with van der Waals surface area (Å²) in [5.74, 6) is 1.47. The lowest BCUT2D eigenvalue weighted by Gasteiger charge is -2.07. The number of hydrogen-bond acceptors (Lipinski definition) is 4. The Morgan fingerprint density at radius 3 is 3.10 bits per heavy atom. The smallest absolute Gasteiger partial charge is 0.254 e. The molecule has 2 aliphatic rings.